The van der Waals surface area contributed by atoms with Crippen molar-refractivity contribution < 1.29 is 28.9 Å². The summed E-state index contributed by atoms with van der Waals surface area (Å²) in [4.78, 5) is 30.5. The van der Waals surface area contributed by atoms with Crippen LogP contribution in [0, 0.1) is 0 Å². The fraction of sp³-hybridized carbons (Fsp3) is 0.448. The molecule has 5 rings (SSSR count). The van der Waals surface area contributed by atoms with Crippen molar-refractivity contribution in [3.8, 4) is 11.5 Å². The van der Waals surface area contributed by atoms with Gasteiger partial charge in [-0.2, -0.15) is 0 Å². The lowest BCUT2D eigenvalue weighted by molar-refractivity contribution is -0.140. The molecule has 2 aromatic carbocycles. The second-order valence-corrected chi connectivity index (χ2v) is 10.7. The fourth-order valence-electron chi connectivity index (χ4n) is 5.04. The maximum Gasteiger partial charge on any atom is 0.295 e. The average Bonchev–Trinajstić information content (AvgIpc) is 3.16. The molecular weight excluding hydrogens is 472 g/mol. The van der Waals surface area contributed by atoms with Crippen molar-refractivity contribution in [2.75, 3.05) is 52.6 Å². The van der Waals surface area contributed by atoms with Gasteiger partial charge in [-0.25, -0.2) is 0 Å². The van der Waals surface area contributed by atoms with Gasteiger partial charge >= 0.3 is 0 Å². The summed E-state index contributed by atoms with van der Waals surface area (Å²) >= 11 is 0. The highest BCUT2D eigenvalue weighted by Gasteiger charge is 2.46. The minimum Gasteiger partial charge on any atom is -0.507 e. The van der Waals surface area contributed by atoms with Crippen LogP contribution in [0.15, 0.2) is 48.0 Å². The van der Waals surface area contributed by atoms with Crippen molar-refractivity contribution >= 4 is 17.4 Å². The summed E-state index contributed by atoms with van der Waals surface area (Å²) in [5, 5.41) is 11.4. The van der Waals surface area contributed by atoms with Crippen LogP contribution in [-0.2, 0) is 19.7 Å². The van der Waals surface area contributed by atoms with Crippen LogP contribution in [0.4, 0.5) is 0 Å². The number of carbonyl (C=O) groups is 2. The van der Waals surface area contributed by atoms with Gasteiger partial charge in [-0.15, -0.1) is 0 Å². The first-order valence-corrected chi connectivity index (χ1v) is 12.8. The maximum absolute atomic E-state index is 13.4. The number of hydrogen-bond acceptors (Lipinski definition) is 7. The first kappa shape index (κ1) is 25.3. The number of ether oxygens (including phenoxy) is 3. The van der Waals surface area contributed by atoms with Crippen LogP contribution in [0.2, 0.25) is 0 Å². The number of carbonyl (C=O) groups excluding carboxylic acids is 2. The third kappa shape index (κ3) is 5.08. The fourth-order valence-corrected chi connectivity index (χ4v) is 5.04. The summed E-state index contributed by atoms with van der Waals surface area (Å²) in [5.41, 5.74) is 2.39. The van der Waals surface area contributed by atoms with Crippen molar-refractivity contribution in [1.29, 1.82) is 0 Å². The zero-order valence-electron chi connectivity index (χ0n) is 21.7. The van der Waals surface area contributed by atoms with Crippen molar-refractivity contribution in [2.24, 2.45) is 0 Å². The molecule has 0 aliphatic carbocycles. The number of likely N-dealkylation sites (tertiary alicyclic amines) is 1. The molecule has 196 valence electrons. The van der Waals surface area contributed by atoms with Gasteiger partial charge in [0.05, 0.1) is 24.8 Å². The number of aliphatic hydroxyl groups excluding tert-OH is 1. The van der Waals surface area contributed by atoms with Gasteiger partial charge < -0.3 is 24.2 Å². The lowest BCUT2D eigenvalue weighted by Crippen LogP contribution is -2.42. The van der Waals surface area contributed by atoms with E-state index in [-0.39, 0.29) is 16.7 Å². The van der Waals surface area contributed by atoms with E-state index in [1.807, 2.05) is 24.3 Å². The van der Waals surface area contributed by atoms with Crippen molar-refractivity contribution in [3.63, 3.8) is 0 Å². The first-order chi connectivity index (χ1) is 17.7. The maximum atomic E-state index is 13.4. The lowest BCUT2D eigenvalue weighted by Gasteiger charge is -2.31. The highest BCUT2D eigenvalue weighted by Crippen LogP contribution is 2.41. The third-order valence-corrected chi connectivity index (χ3v) is 7.21. The highest BCUT2D eigenvalue weighted by atomic mass is 16.6. The molecule has 2 fully saturated rings. The van der Waals surface area contributed by atoms with Crippen LogP contribution in [-0.4, -0.2) is 79.2 Å². The van der Waals surface area contributed by atoms with E-state index < -0.39 is 17.7 Å². The Kier molecular flexibility index (Phi) is 6.96. The van der Waals surface area contributed by atoms with Gasteiger partial charge in [0, 0.05) is 31.7 Å². The van der Waals surface area contributed by atoms with Gasteiger partial charge in [-0.05, 0) is 34.7 Å². The quantitative estimate of drug-likeness (QED) is 0.377. The molecule has 2 aromatic rings. The summed E-state index contributed by atoms with van der Waals surface area (Å²) in [6.45, 7) is 11.1. The Labute approximate surface area is 217 Å². The Morgan fingerprint density at radius 3 is 2.27 bits per heavy atom. The van der Waals surface area contributed by atoms with E-state index in [9.17, 15) is 14.7 Å². The van der Waals surface area contributed by atoms with E-state index in [1.54, 1.807) is 23.1 Å². The smallest absolute Gasteiger partial charge is 0.295 e. The van der Waals surface area contributed by atoms with Crippen LogP contribution in [0.1, 0.15) is 43.5 Å². The number of Topliss-reactive ketones (excluding diaryl/α,β-unsaturated/α-hetero) is 1. The average molecular weight is 507 g/mol. The van der Waals surface area contributed by atoms with E-state index in [2.05, 4.69) is 25.7 Å². The number of amides is 1. The molecule has 3 aliphatic rings. The van der Waals surface area contributed by atoms with E-state index in [0.29, 0.717) is 56.6 Å². The Balaban J connectivity index is 1.54. The number of ketones is 1. The summed E-state index contributed by atoms with van der Waals surface area (Å²) in [5.74, 6) is -0.406. The number of aliphatic hydroxyl groups is 1. The van der Waals surface area contributed by atoms with E-state index in [4.69, 9.17) is 14.2 Å². The molecular formula is C29H34N2O6. The second-order valence-electron chi connectivity index (χ2n) is 10.7. The van der Waals surface area contributed by atoms with Gasteiger partial charge in [0.2, 0.25) is 0 Å². The molecule has 1 amide bonds. The predicted molar refractivity (Wildman–Crippen MR) is 139 cm³/mol. The van der Waals surface area contributed by atoms with Crippen molar-refractivity contribution in [2.45, 2.75) is 32.2 Å². The standard InChI is InChI=1S/C29H34N2O6/c1-29(2,3)21-7-4-19(5-8-21)25-24(26(32)20-6-9-22-23(18-20)37-17-16-36-22)27(33)28(34)31(25)11-10-30-12-14-35-15-13-30/h4-9,18,25,32H,10-17H2,1-3H3. The molecule has 1 atom stereocenters. The minimum atomic E-state index is -0.691. The molecule has 3 heterocycles. The zero-order chi connectivity index (χ0) is 26.2. The molecule has 1 unspecified atom stereocenters. The molecule has 0 aromatic heterocycles. The predicted octanol–water partition coefficient (Wildman–Crippen LogP) is 3.51. The summed E-state index contributed by atoms with van der Waals surface area (Å²) < 4.78 is 16.7. The molecule has 8 heteroatoms. The molecule has 2 saturated heterocycles. The number of fused-ring (bicyclic) bond motifs is 1. The summed E-state index contributed by atoms with van der Waals surface area (Å²) in [6, 6.07) is 12.3. The molecule has 0 bridgehead atoms. The Morgan fingerprint density at radius 2 is 1.59 bits per heavy atom. The molecule has 0 spiro atoms. The molecule has 8 nitrogen and oxygen atoms in total. The number of nitrogens with zero attached hydrogens (tertiary/aromatic N) is 2. The number of hydrogen-bond donors (Lipinski definition) is 1. The van der Waals surface area contributed by atoms with Gasteiger partial charge in [0.25, 0.3) is 11.7 Å². The third-order valence-electron chi connectivity index (χ3n) is 7.21. The molecule has 3 aliphatic heterocycles. The normalized spacial score (nSPS) is 21.9. The van der Waals surface area contributed by atoms with E-state index in [1.165, 1.54) is 0 Å². The van der Waals surface area contributed by atoms with Crippen LogP contribution in [0.3, 0.4) is 0 Å². The Bertz CT molecular complexity index is 1210. The van der Waals surface area contributed by atoms with Gasteiger partial charge in [0.1, 0.15) is 19.0 Å². The Hall–Kier alpha value is -3.36. The van der Waals surface area contributed by atoms with E-state index >= 15 is 0 Å². The SMILES string of the molecule is CC(C)(C)c1ccc(C2C(=C(O)c3ccc4c(c3)OCCO4)C(=O)C(=O)N2CCN2CCOCC2)cc1. The first-order valence-electron chi connectivity index (χ1n) is 12.8. The second kappa shape index (κ2) is 10.2. The Morgan fingerprint density at radius 1 is 0.919 bits per heavy atom. The minimum absolute atomic E-state index is 0.0398. The molecule has 37 heavy (non-hydrogen) atoms. The number of rotatable bonds is 5. The molecule has 0 radical (unpaired) electrons. The van der Waals surface area contributed by atoms with Gasteiger partial charge in [0.15, 0.2) is 11.5 Å². The number of benzene rings is 2. The lowest BCUT2D eigenvalue weighted by atomic mass is 9.85. The topological polar surface area (TPSA) is 88.5 Å². The highest BCUT2D eigenvalue weighted by molar-refractivity contribution is 6.46. The largest absolute Gasteiger partial charge is 0.507 e. The monoisotopic (exact) mass is 506 g/mol. The molecule has 0 saturated carbocycles. The van der Waals surface area contributed by atoms with Crippen LogP contribution in [0.25, 0.3) is 5.76 Å². The van der Waals surface area contributed by atoms with Crippen molar-refractivity contribution in [3.05, 3.63) is 64.7 Å². The number of morpholine rings is 1. The van der Waals surface area contributed by atoms with Crippen molar-refractivity contribution in [1.82, 2.24) is 9.80 Å². The van der Waals surface area contributed by atoms with Gasteiger partial charge in [-0.1, -0.05) is 45.0 Å². The van der Waals surface area contributed by atoms with Crippen LogP contribution < -0.4 is 9.47 Å². The van der Waals surface area contributed by atoms with Crippen LogP contribution in [0.5, 0.6) is 11.5 Å². The summed E-state index contributed by atoms with van der Waals surface area (Å²) in [6.07, 6.45) is 0. The van der Waals surface area contributed by atoms with Crippen LogP contribution >= 0.6 is 0 Å². The molecule has 1 N–H and O–H groups in total. The van der Waals surface area contributed by atoms with Gasteiger partial charge in [-0.3, -0.25) is 14.5 Å². The zero-order valence-corrected chi connectivity index (χ0v) is 21.7. The van der Waals surface area contributed by atoms with E-state index in [0.717, 1.165) is 24.2 Å². The summed E-state index contributed by atoms with van der Waals surface area (Å²) in [7, 11) is 0.